The van der Waals surface area contributed by atoms with Crippen molar-refractivity contribution in [2.75, 3.05) is 36.4 Å². The molecular weight excluding hydrogens is 759 g/mol. The van der Waals surface area contributed by atoms with Gasteiger partial charge in [-0.05, 0) is 31.9 Å². The van der Waals surface area contributed by atoms with E-state index < -0.39 is 46.9 Å². The second kappa shape index (κ2) is 15.6. The summed E-state index contributed by atoms with van der Waals surface area (Å²) in [6.07, 6.45) is 4.27. The number of piperazine rings is 1. The van der Waals surface area contributed by atoms with Gasteiger partial charge in [-0.3, -0.25) is 34.7 Å². The standard InChI is InChI=1S/C35H35F5N14O3/c1-34(2,35(38,39)40)32-48-26(50-51-32)16-43-30(56)21-14-46-54(18-21)33-44-12-20(13-45-33)28-23(36)9-19(11-41-28)17-52-5-7-53(8-6-52)29-24(37)10-22(15-42-29)47-25-3-4-27(55)49-31(25)57/h9-15,18,25,47H,3-8,16-17H2,1-2H3,(H,43,56)(H,48,50,51)(H,49,55,57). The van der Waals surface area contributed by atoms with Crippen molar-refractivity contribution in [3.8, 4) is 17.2 Å². The Kier molecular flexibility index (Phi) is 10.6. The molecule has 2 saturated heterocycles. The molecule has 0 spiro atoms. The molecule has 7 heterocycles. The molecule has 1 atom stereocenters. The number of imide groups is 1. The minimum absolute atomic E-state index is 0.0296. The predicted octanol–water partition coefficient (Wildman–Crippen LogP) is 2.82. The van der Waals surface area contributed by atoms with Gasteiger partial charge < -0.3 is 15.5 Å². The minimum atomic E-state index is -4.57. The highest BCUT2D eigenvalue weighted by Crippen LogP contribution is 2.38. The molecule has 0 bridgehead atoms. The van der Waals surface area contributed by atoms with Gasteiger partial charge in [0.15, 0.2) is 17.5 Å². The van der Waals surface area contributed by atoms with E-state index >= 15 is 8.78 Å². The molecule has 2 fully saturated rings. The van der Waals surface area contributed by atoms with Crippen molar-refractivity contribution in [1.82, 2.24) is 60.4 Å². The third-order valence-corrected chi connectivity index (χ3v) is 9.55. The first-order chi connectivity index (χ1) is 27.1. The zero-order chi connectivity index (χ0) is 40.5. The fraction of sp³-hybridized carbons (Fsp3) is 0.371. The maximum absolute atomic E-state index is 15.3. The smallest absolute Gasteiger partial charge is 0.372 e. The lowest BCUT2D eigenvalue weighted by Crippen LogP contribution is -2.47. The molecule has 0 radical (unpaired) electrons. The molecule has 7 rings (SSSR count). The Morgan fingerprint density at radius 1 is 0.947 bits per heavy atom. The highest BCUT2D eigenvalue weighted by Gasteiger charge is 2.51. The summed E-state index contributed by atoms with van der Waals surface area (Å²) in [5, 5.41) is 17.9. The second-order valence-corrected chi connectivity index (χ2v) is 14.0. The lowest BCUT2D eigenvalue weighted by molar-refractivity contribution is -0.182. The normalized spacial score (nSPS) is 16.8. The van der Waals surface area contributed by atoms with Gasteiger partial charge in [-0.2, -0.15) is 23.4 Å². The Labute approximate surface area is 320 Å². The SMILES string of the molecule is CC(C)(c1n[nH]c(CNC(=O)c2cnn(-c3ncc(-c4ncc(CN5CCN(c6ncc(NC7CCC(=O)NC7=O)cc6F)CC5)cc4F)cn3)c2)n1)C(F)(F)F. The van der Waals surface area contributed by atoms with E-state index in [9.17, 15) is 27.6 Å². The van der Waals surface area contributed by atoms with E-state index in [2.05, 4.69) is 61.1 Å². The zero-order valence-electron chi connectivity index (χ0n) is 30.4. The van der Waals surface area contributed by atoms with Gasteiger partial charge >= 0.3 is 6.18 Å². The molecule has 2 aliphatic rings. The molecule has 0 aromatic carbocycles. The third-order valence-electron chi connectivity index (χ3n) is 9.55. The molecule has 5 aromatic rings. The summed E-state index contributed by atoms with van der Waals surface area (Å²) in [6, 6.07) is 2.00. The van der Waals surface area contributed by atoms with Crippen LogP contribution in [0, 0.1) is 11.6 Å². The summed E-state index contributed by atoms with van der Waals surface area (Å²) in [5.41, 5.74) is -0.875. The first-order valence-corrected chi connectivity index (χ1v) is 17.7. The number of H-pyrrole nitrogens is 1. The first-order valence-electron chi connectivity index (χ1n) is 17.7. The van der Waals surface area contributed by atoms with Crippen LogP contribution in [0.1, 0.15) is 54.3 Å². The Bertz CT molecular complexity index is 2290. The topological polar surface area (TPSA) is 205 Å². The van der Waals surface area contributed by atoms with Crippen molar-refractivity contribution in [2.24, 2.45) is 0 Å². The molecule has 5 aromatic heterocycles. The van der Waals surface area contributed by atoms with E-state index in [4.69, 9.17) is 0 Å². The van der Waals surface area contributed by atoms with Crippen LogP contribution in [0.4, 0.5) is 33.5 Å². The van der Waals surface area contributed by atoms with Crippen LogP contribution in [0.3, 0.4) is 0 Å². The maximum Gasteiger partial charge on any atom is 0.401 e. The highest BCUT2D eigenvalue weighted by atomic mass is 19.4. The summed E-state index contributed by atoms with van der Waals surface area (Å²) < 4.78 is 71.5. The molecule has 0 saturated carbocycles. The number of anilines is 2. The number of piperidine rings is 1. The van der Waals surface area contributed by atoms with Crippen molar-refractivity contribution in [1.29, 1.82) is 0 Å². The van der Waals surface area contributed by atoms with Crippen molar-refractivity contribution in [2.45, 2.75) is 57.4 Å². The number of carbonyl (C=O) groups is 3. The number of rotatable bonds is 11. The quantitative estimate of drug-likeness (QED) is 0.112. The van der Waals surface area contributed by atoms with Crippen molar-refractivity contribution >= 4 is 29.2 Å². The molecule has 0 aliphatic carbocycles. The van der Waals surface area contributed by atoms with Crippen LogP contribution in [0.15, 0.2) is 49.3 Å². The largest absolute Gasteiger partial charge is 0.401 e. The number of aromatic nitrogens is 9. The number of nitrogens with one attached hydrogen (secondary N) is 4. The monoisotopic (exact) mass is 794 g/mol. The summed E-state index contributed by atoms with van der Waals surface area (Å²) >= 11 is 0. The third kappa shape index (κ3) is 8.54. The van der Waals surface area contributed by atoms with Gasteiger partial charge in [-0.15, -0.1) is 0 Å². The number of aromatic amines is 1. The molecule has 4 N–H and O–H groups in total. The van der Waals surface area contributed by atoms with E-state index in [1.807, 2.05) is 4.90 Å². The van der Waals surface area contributed by atoms with Crippen LogP contribution in [0.5, 0.6) is 0 Å². The Morgan fingerprint density at radius 2 is 1.70 bits per heavy atom. The van der Waals surface area contributed by atoms with E-state index in [1.165, 1.54) is 47.8 Å². The fourth-order valence-corrected chi connectivity index (χ4v) is 6.09. The molecule has 2 aliphatic heterocycles. The Morgan fingerprint density at radius 3 is 2.39 bits per heavy atom. The Balaban J connectivity index is 0.897. The van der Waals surface area contributed by atoms with Gasteiger partial charge in [0.1, 0.15) is 28.8 Å². The van der Waals surface area contributed by atoms with E-state index in [-0.39, 0.29) is 47.7 Å². The molecule has 17 nitrogen and oxygen atoms in total. The zero-order valence-corrected chi connectivity index (χ0v) is 30.4. The minimum Gasteiger partial charge on any atom is -0.372 e. The first kappa shape index (κ1) is 38.8. The van der Waals surface area contributed by atoms with Crippen LogP contribution in [-0.4, -0.2) is 106 Å². The van der Waals surface area contributed by atoms with Gasteiger partial charge in [0.05, 0.1) is 30.2 Å². The van der Waals surface area contributed by atoms with Crippen LogP contribution in [-0.2, 0) is 28.1 Å². The van der Waals surface area contributed by atoms with Crippen LogP contribution < -0.4 is 20.9 Å². The van der Waals surface area contributed by atoms with Crippen LogP contribution in [0.2, 0.25) is 0 Å². The molecular formula is C35H35F5N14O3. The second-order valence-electron chi connectivity index (χ2n) is 14.0. The van der Waals surface area contributed by atoms with Crippen molar-refractivity contribution in [3.63, 3.8) is 0 Å². The van der Waals surface area contributed by atoms with Gasteiger partial charge in [0.25, 0.3) is 5.91 Å². The molecule has 298 valence electrons. The molecule has 1 unspecified atom stereocenters. The summed E-state index contributed by atoms with van der Waals surface area (Å²) in [6.45, 7) is 4.16. The number of alkyl halides is 3. The molecule has 22 heteroatoms. The van der Waals surface area contributed by atoms with Crippen LogP contribution >= 0.6 is 0 Å². The number of amides is 3. The van der Waals surface area contributed by atoms with E-state index in [0.717, 1.165) is 13.8 Å². The van der Waals surface area contributed by atoms with E-state index in [0.29, 0.717) is 56.0 Å². The number of pyridine rings is 2. The van der Waals surface area contributed by atoms with Gasteiger partial charge in [-0.25, -0.2) is 33.4 Å². The van der Waals surface area contributed by atoms with Crippen LogP contribution in [0.25, 0.3) is 17.2 Å². The highest BCUT2D eigenvalue weighted by molar-refractivity contribution is 6.01. The number of nitrogens with zero attached hydrogens (tertiary/aromatic N) is 10. The lowest BCUT2D eigenvalue weighted by atomic mass is 9.92. The number of carbonyl (C=O) groups excluding carboxylic acids is 3. The summed E-state index contributed by atoms with van der Waals surface area (Å²) in [4.78, 5) is 60.9. The predicted molar refractivity (Wildman–Crippen MR) is 190 cm³/mol. The number of halogens is 5. The average molecular weight is 795 g/mol. The van der Waals surface area contributed by atoms with E-state index in [1.54, 1.807) is 6.20 Å². The number of hydrogen-bond donors (Lipinski definition) is 4. The lowest BCUT2D eigenvalue weighted by Gasteiger charge is -2.35. The van der Waals surface area contributed by atoms with Gasteiger partial charge in [0.2, 0.25) is 17.8 Å². The summed E-state index contributed by atoms with van der Waals surface area (Å²) in [7, 11) is 0. The maximum atomic E-state index is 15.3. The summed E-state index contributed by atoms with van der Waals surface area (Å²) in [5.74, 6) is -2.67. The average Bonchev–Trinajstić information content (AvgIpc) is 3.87. The van der Waals surface area contributed by atoms with Crippen molar-refractivity contribution in [3.05, 3.63) is 83.7 Å². The van der Waals surface area contributed by atoms with Gasteiger partial charge in [0, 0.05) is 75.6 Å². The van der Waals surface area contributed by atoms with Gasteiger partial charge in [-0.1, -0.05) is 0 Å². The Hall–Kier alpha value is -6.45. The fourth-order valence-electron chi connectivity index (χ4n) is 6.09. The van der Waals surface area contributed by atoms with Crippen molar-refractivity contribution < 1.29 is 36.3 Å². The molecule has 57 heavy (non-hydrogen) atoms. The number of hydrogen-bond acceptors (Lipinski definition) is 13. The molecule has 3 amide bonds.